The van der Waals surface area contributed by atoms with Crippen LogP contribution in [0.1, 0.15) is 50.5 Å². The molecule has 0 unspecified atom stereocenters. The Morgan fingerprint density at radius 2 is 1.88 bits per heavy atom. The summed E-state index contributed by atoms with van der Waals surface area (Å²) in [4.78, 5) is 18.3. The zero-order valence-corrected chi connectivity index (χ0v) is 20.3. The minimum Gasteiger partial charge on any atom is -0.379 e. The lowest BCUT2D eigenvalue weighted by atomic mass is 10.2. The summed E-state index contributed by atoms with van der Waals surface area (Å²) in [5.74, 6) is -0.0330. The third kappa shape index (κ3) is 9.16. The van der Waals surface area contributed by atoms with Crippen LogP contribution >= 0.6 is 0 Å². The van der Waals surface area contributed by atoms with Crippen LogP contribution in [0.4, 0.5) is 0 Å². The van der Waals surface area contributed by atoms with Crippen molar-refractivity contribution < 1.29 is 17.9 Å². The van der Waals surface area contributed by atoms with Gasteiger partial charge in [-0.3, -0.25) is 14.7 Å². The molecule has 0 spiro atoms. The molecule has 1 N–H and O–H groups in total. The molecule has 3 rings (SSSR count). The van der Waals surface area contributed by atoms with Gasteiger partial charge in [0.05, 0.1) is 19.0 Å². The summed E-state index contributed by atoms with van der Waals surface area (Å²) in [5.41, 5.74) is 0.909. The van der Waals surface area contributed by atoms with E-state index in [4.69, 9.17) is 4.74 Å². The summed E-state index contributed by atoms with van der Waals surface area (Å²) in [7, 11) is -3.30. The maximum absolute atomic E-state index is 13.1. The molecule has 2 aliphatic rings. The summed E-state index contributed by atoms with van der Waals surface area (Å²) >= 11 is 0. The zero-order valence-electron chi connectivity index (χ0n) is 19.5. The number of rotatable bonds is 13. The predicted octanol–water partition coefficient (Wildman–Crippen LogP) is 2.29. The Balaban J connectivity index is 1.39. The van der Waals surface area contributed by atoms with E-state index in [1.807, 2.05) is 12.1 Å². The molecule has 0 bridgehead atoms. The maximum Gasteiger partial charge on any atom is 0.243 e. The number of hydrogen-bond acceptors (Lipinski definition) is 6. The van der Waals surface area contributed by atoms with Crippen LogP contribution < -0.4 is 5.32 Å². The molecule has 2 fully saturated rings. The SMILES string of the molecule is O=C(/C=C/c1ccncc1)NCCCCS(=O)(=O)N(CCCN1CCOCC1)C1CCCC1. The minimum atomic E-state index is -3.30. The highest BCUT2D eigenvalue weighted by molar-refractivity contribution is 7.89. The number of nitrogens with zero attached hydrogens (tertiary/aromatic N) is 3. The second-order valence-corrected chi connectivity index (χ2v) is 10.8. The van der Waals surface area contributed by atoms with Gasteiger partial charge in [0.2, 0.25) is 15.9 Å². The van der Waals surface area contributed by atoms with Gasteiger partial charge in [0.15, 0.2) is 0 Å². The van der Waals surface area contributed by atoms with E-state index in [0.717, 1.165) is 70.5 Å². The van der Waals surface area contributed by atoms with Crippen LogP contribution in [-0.2, 0) is 19.6 Å². The average Bonchev–Trinajstić information content (AvgIpc) is 3.36. The van der Waals surface area contributed by atoms with Crippen molar-refractivity contribution in [2.24, 2.45) is 0 Å². The van der Waals surface area contributed by atoms with Crippen molar-refractivity contribution in [3.8, 4) is 0 Å². The molecule has 1 amide bonds. The lowest BCUT2D eigenvalue weighted by Gasteiger charge is -2.30. The fourth-order valence-electron chi connectivity index (χ4n) is 4.46. The Bertz CT molecular complexity index is 835. The van der Waals surface area contributed by atoms with Gasteiger partial charge in [0, 0.05) is 50.7 Å². The Labute approximate surface area is 198 Å². The molecular formula is C24H38N4O4S. The molecule has 2 heterocycles. The fraction of sp³-hybridized carbons (Fsp3) is 0.667. The fourth-order valence-corrected chi connectivity index (χ4v) is 6.34. The lowest BCUT2D eigenvalue weighted by molar-refractivity contribution is -0.116. The number of ether oxygens (including phenoxy) is 1. The molecule has 1 aliphatic carbocycles. The second kappa shape index (κ2) is 13.8. The van der Waals surface area contributed by atoms with Gasteiger partial charge in [-0.1, -0.05) is 12.8 Å². The lowest BCUT2D eigenvalue weighted by Crippen LogP contribution is -2.43. The average molecular weight is 479 g/mol. The molecule has 33 heavy (non-hydrogen) atoms. The van der Waals surface area contributed by atoms with Crippen LogP contribution in [0.25, 0.3) is 6.08 Å². The topological polar surface area (TPSA) is 91.8 Å². The van der Waals surface area contributed by atoms with Crippen molar-refractivity contribution in [1.82, 2.24) is 19.5 Å². The van der Waals surface area contributed by atoms with E-state index in [1.165, 1.54) is 6.08 Å². The number of nitrogens with one attached hydrogen (secondary N) is 1. The van der Waals surface area contributed by atoms with Crippen molar-refractivity contribution in [1.29, 1.82) is 0 Å². The minimum absolute atomic E-state index is 0.143. The molecule has 1 aliphatic heterocycles. The normalized spacial score (nSPS) is 18.3. The molecule has 184 valence electrons. The molecule has 0 radical (unpaired) electrons. The number of hydrogen-bond donors (Lipinski definition) is 1. The molecule has 1 aromatic rings. The van der Waals surface area contributed by atoms with Gasteiger partial charge in [-0.25, -0.2) is 8.42 Å². The number of sulfonamides is 1. The van der Waals surface area contributed by atoms with Crippen LogP contribution in [0.5, 0.6) is 0 Å². The third-order valence-corrected chi connectivity index (χ3v) is 8.31. The predicted molar refractivity (Wildman–Crippen MR) is 130 cm³/mol. The third-order valence-electron chi connectivity index (χ3n) is 6.31. The highest BCUT2D eigenvalue weighted by Crippen LogP contribution is 2.26. The number of unbranched alkanes of at least 4 members (excludes halogenated alkanes) is 1. The van der Waals surface area contributed by atoms with E-state index in [0.29, 0.717) is 25.9 Å². The second-order valence-electron chi connectivity index (χ2n) is 8.78. The Hall–Kier alpha value is -1.81. The Morgan fingerprint density at radius 3 is 2.61 bits per heavy atom. The largest absolute Gasteiger partial charge is 0.379 e. The van der Waals surface area contributed by atoms with Gasteiger partial charge in [-0.05, 0) is 62.4 Å². The number of morpholine rings is 1. The maximum atomic E-state index is 13.1. The summed E-state index contributed by atoms with van der Waals surface area (Å²) < 4.78 is 33.5. The van der Waals surface area contributed by atoms with Gasteiger partial charge in [-0.15, -0.1) is 0 Å². The molecule has 9 heteroatoms. The van der Waals surface area contributed by atoms with Gasteiger partial charge in [0.1, 0.15) is 0 Å². The number of amides is 1. The van der Waals surface area contributed by atoms with E-state index in [2.05, 4.69) is 15.2 Å². The van der Waals surface area contributed by atoms with Crippen LogP contribution in [0, 0.1) is 0 Å². The van der Waals surface area contributed by atoms with Gasteiger partial charge >= 0.3 is 0 Å². The van der Waals surface area contributed by atoms with Crippen LogP contribution in [0.15, 0.2) is 30.6 Å². The zero-order chi connectivity index (χ0) is 23.4. The van der Waals surface area contributed by atoms with Crippen LogP contribution in [0.3, 0.4) is 0 Å². The first kappa shape index (κ1) is 25.8. The van der Waals surface area contributed by atoms with E-state index in [9.17, 15) is 13.2 Å². The van der Waals surface area contributed by atoms with E-state index in [1.54, 1.807) is 22.8 Å². The molecule has 1 aromatic heterocycles. The first-order valence-electron chi connectivity index (χ1n) is 12.2. The highest BCUT2D eigenvalue weighted by Gasteiger charge is 2.31. The van der Waals surface area contributed by atoms with E-state index in [-0.39, 0.29) is 17.7 Å². The van der Waals surface area contributed by atoms with Crippen molar-refractivity contribution in [2.45, 2.75) is 51.0 Å². The molecular weight excluding hydrogens is 440 g/mol. The van der Waals surface area contributed by atoms with Gasteiger partial charge in [0.25, 0.3) is 0 Å². The van der Waals surface area contributed by atoms with Crippen molar-refractivity contribution in [2.75, 3.05) is 51.7 Å². The first-order chi connectivity index (χ1) is 16.0. The van der Waals surface area contributed by atoms with Crippen molar-refractivity contribution in [3.05, 3.63) is 36.2 Å². The molecule has 1 saturated heterocycles. The monoisotopic (exact) mass is 478 g/mol. The number of carbonyl (C=O) groups excluding carboxylic acids is 1. The molecule has 0 aromatic carbocycles. The van der Waals surface area contributed by atoms with E-state index < -0.39 is 10.0 Å². The highest BCUT2D eigenvalue weighted by atomic mass is 32.2. The van der Waals surface area contributed by atoms with Crippen LogP contribution in [-0.4, -0.2) is 86.2 Å². The number of aromatic nitrogens is 1. The van der Waals surface area contributed by atoms with Crippen LogP contribution in [0.2, 0.25) is 0 Å². The number of pyridine rings is 1. The Morgan fingerprint density at radius 1 is 1.15 bits per heavy atom. The van der Waals surface area contributed by atoms with Crippen molar-refractivity contribution >= 4 is 22.0 Å². The molecule has 0 atom stereocenters. The standard InChI is InChI=1S/C24H38N4O4S/c29-24(9-8-22-10-13-25-14-11-22)26-12-3-4-21-33(30,31)28(23-6-1-2-7-23)16-5-15-27-17-19-32-20-18-27/h8-11,13-14,23H,1-7,12,15-21H2,(H,26,29)/b9-8+. The molecule has 8 nitrogen and oxygen atoms in total. The quantitative estimate of drug-likeness (QED) is 0.346. The number of carbonyl (C=O) groups is 1. The van der Waals surface area contributed by atoms with Gasteiger partial charge < -0.3 is 10.1 Å². The summed E-state index contributed by atoms with van der Waals surface area (Å²) in [6, 6.07) is 3.80. The van der Waals surface area contributed by atoms with Crippen molar-refractivity contribution in [3.63, 3.8) is 0 Å². The van der Waals surface area contributed by atoms with Gasteiger partial charge in [-0.2, -0.15) is 4.31 Å². The molecule has 1 saturated carbocycles. The summed E-state index contributed by atoms with van der Waals surface area (Å²) in [5, 5.41) is 2.83. The Kier molecular flexibility index (Phi) is 10.8. The smallest absolute Gasteiger partial charge is 0.243 e. The summed E-state index contributed by atoms with van der Waals surface area (Å²) in [6.45, 7) is 5.37. The van der Waals surface area contributed by atoms with E-state index >= 15 is 0 Å². The summed E-state index contributed by atoms with van der Waals surface area (Å²) in [6.07, 6.45) is 12.8. The first-order valence-corrected chi connectivity index (χ1v) is 13.8.